The molecule has 178 valence electrons. The number of Topliss-reactive ketones (excluding diaryl/α,β-unsaturated/α-hetero) is 1. The molecule has 0 aliphatic carbocycles. The largest absolute Gasteiger partial charge is 0.507 e. The number of benzene rings is 2. The molecule has 2 aromatic carbocycles. The van der Waals surface area contributed by atoms with Crippen LogP contribution in [0.1, 0.15) is 34.1 Å². The molecule has 0 radical (unpaired) electrons. The summed E-state index contributed by atoms with van der Waals surface area (Å²) in [6.07, 6.45) is 3.43. The van der Waals surface area contributed by atoms with Gasteiger partial charge >= 0.3 is 0 Å². The van der Waals surface area contributed by atoms with Gasteiger partial charge in [-0.15, -0.1) is 0 Å². The summed E-state index contributed by atoms with van der Waals surface area (Å²) in [6, 6.07) is 14.2. The van der Waals surface area contributed by atoms with Crippen LogP contribution in [0.2, 0.25) is 0 Å². The highest BCUT2D eigenvalue weighted by Crippen LogP contribution is 2.44. The molecule has 0 saturated carbocycles. The van der Waals surface area contributed by atoms with Crippen molar-refractivity contribution in [2.45, 2.75) is 26.4 Å². The van der Waals surface area contributed by atoms with Crippen LogP contribution in [0.15, 0.2) is 71.0 Å². The lowest BCUT2D eigenvalue weighted by Crippen LogP contribution is -2.29. The van der Waals surface area contributed by atoms with E-state index in [1.165, 1.54) is 18.3 Å². The zero-order chi connectivity index (χ0) is 24.9. The third kappa shape index (κ3) is 3.60. The summed E-state index contributed by atoms with van der Waals surface area (Å²) >= 11 is 0. The van der Waals surface area contributed by atoms with Gasteiger partial charge in [-0.05, 0) is 49.2 Å². The van der Waals surface area contributed by atoms with Crippen LogP contribution in [0.3, 0.4) is 0 Å². The number of amides is 1. The van der Waals surface area contributed by atoms with Crippen molar-refractivity contribution in [3.63, 3.8) is 0 Å². The molecule has 1 amide bonds. The number of rotatable bonds is 5. The predicted octanol–water partition coefficient (Wildman–Crippen LogP) is 5.02. The van der Waals surface area contributed by atoms with Crippen molar-refractivity contribution in [3.8, 4) is 5.75 Å². The number of carbonyl (C=O) groups excluding carboxylic acids is 2. The number of nitrogens with zero attached hydrogens (tertiary/aromatic N) is 2. The van der Waals surface area contributed by atoms with E-state index in [4.69, 9.17) is 9.15 Å². The van der Waals surface area contributed by atoms with Gasteiger partial charge in [-0.2, -0.15) is 0 Å². The minimum atomic E-state index is -0.809. The number of aliphatic hydroxyl groups is 1. The Labute approximate surface area is 202 Å². The first-order valence-corrected chi connectivity index (χ1v) is 11.3. The maximum absolute atomic E-state index is 13.5. The van der Waals surface area contributed by atoms with E-state index in [0.29, 0.717) is 17.1 Å². The van der Waals surface area contributed by atoms with Crippen LogP contribution in [-0.2, 0) is 23.2 Å². The number of para-hydroxylation sites is 1. The Morgan fingerprint density at radius 1 is 1.11 bits per heavy atom. The molecule has 2 aromatic heterocycles. The number of methoxy groups -OCH3 is 1. The summed E-state index contributed by atoms with van der Waals surface area (Å²) in [7, 11) is 3.43. The Bertz CT molecular complexity index is 1490. The molecule has 3 heterocycles. The maximum Gasteiger partial charge on any atom is 0.296 e. The van der Waals surface area contributed by atoms with Gasteiger partial charge in [-0.3, -0.25) is 9.59 Å². The highest BCUT2D eigenvalue weighted by molar-refractivity contribution is 6.46. The third-order valence-electron chi connectivity index (χ3n) is 6.55. The van der Waals surface area contributed by atoms with Crippen molar-refractivity contribution >= 4 is 28.4 Å². The number of aryl methyl sites for hydroxylation is 3. The quantitative estimate of drug-likeness (QED) is 0.252. The van der Waals surface area contributed by atoms with Crippen molar-refractivity contribution in [2.75, 3.05) is 7.11 Å². The molecule has 0 spiro atoms. The first-order chi connectivity index (χ1) is 16.8. The van der Waals surface area contributed by atoms with Crippen molar-refractivity contribution in [3.05, 3.63) is 94.6 Å². The molecule has 4 aromatic rings. The van der Waals surface area contributed by atoms with E-state index in [9.17, 15) is 14.7 Å². The second kappa shape index (κ2) is 8.51. The number of likely N-dealkylation sites (tertiary alicyclic amines) is 1. The minimum absolute atomic E-state index is 0.0289. The molecule has 5 rings (SSSR count). The molecule has 1 atom stereocenters. The normalized spacial score (nSPS) is 17.5. The van der Waals surface area contributed by atoms with Gasteiger partial charge in [0.2, 0.25) is 0 Å². The van der Waals surface area contributed by atoms with E-state index < -0.39 is 17.7 Å². The van der Waals surface area contributed by atoms with E-state index in [0.717, 1.165) is 27.6 Å². The number of fused-ring (bicyclic) bond motifs is 1. The maximum atomic E-state index is 13.5. The van der Waals surface area contributed by atoms with Crippen LogP contribution < -0.4 is 4.74 Å². The molecule has 1 aliphatic heterocycles. The van der Waals surface area contributed by atoms with Gasteiger partial charge in [0.1, 0.15) is 17.3 Å². The number of aliphatic hydroxyl groups excluding tert-OH is 1. The van der Waals surface area contributed by atoms with Crippen molar-refractivity contribution in [2.24, 2.45) is 7.05 Å². The van der Waals surface area contributed by atoms with E-state index in [1.54, 1.807) is 18.2 Å². The van der Waals surface area contributed by atoms with E-state index in [1.807, 2.05) is 62.0 Å². The van der Waals surface area contributed by atoms with E-state index in [2.05, 4.69) is 0 Å². The molecule has 7 heteroatoms. The summed E-state index contributed by atoms with van der Waals surface area (Å²) in [5.41, 5.74) is 3.83. The zero-order valence-electron chi connectivity index (χ0n) is 20.0. The highest BCUT2D eigenvalue weighted by Gasteiger charge is 2.47. The monoisotopic (exact) mass is 470 g/mol. The van der Waals surface area contributed by atoms with Gasteiger partial charge in [-0.1, -0.05) is 24.3 Å². The molecule has 35 heavy (non-hydrogen) atoms. The van der Waals surface area contributed by atoms with Crippen molar-refractivity contribution in [1.29, 1.82) is 0 Å². The molecular formula is C28H26N2O5. The first kappa shape index (κ1) is 22.5. The Kier molecular flexibility index (Phi) is 5.47. The van der Waals surface area contributed by atoms with E-state index >= 15 is 0 Å². The first-order valence-electron chi connectivity index (χ1n) is 11.3. The minimum Gasteiger partial charge on any atom is -0.507 e. The van der Waals surface area contributed by atoms with Gasteiger partial charge in [0.25, 0.3) is 11.7 Å². The number of carbonyl (C=O) groups is 2. The van der Waals surface area contributed by atoms with E-state index in [-0.39, 0.29) is 17.9 Å². The van der Waals surface area contributed by atoms with Gasteiger partial charge in [0.05, 0.1) is 37.1 Å². The predicted molar refractivity (Wildman–Crippen MR) is 132 cm³/mol. The average Bonchev–Trinajstić information content (AvgIpc) is 3.53. The number of hydrogen-bond acceptors (Lipinski definition) is 5. The van der Waals surface area contributed by atoms with Crippen LogP contribution in [0, 0.1) is 13.8 Å². The molecule has 1 fully saturated rings. The fourth-order valence-electron chi connectivity index (χ4n) is 5.07. The average molecular weight is 471 g/mol. The number of ketones is 1. The van der Waals surface area contributed by atoms with Crippen molar-refractivity contribution in [1.82, 2.24) is 9.47 Å². The number of aromatic nitrogens is 1. The molecule has 1 aliphatic rings. The third-order valence-corrected chi connectivity index (χ3v) is 6.55. The van der Waals surface area contributed by atoms with Crippen LogP contribution >= 0.6 is 0 Å². The van der Waals surface area contributed by atoms with Crippen LogP contribution in [0.4, 0.5) is 0 Å². The number of furan rings is 1. The Hall–Kier alpha value is -4.26. The fourth-order valence-corrected chi connectivity index (χ4v) is 5.07. The Morgan fingerprint density at radius 3 is 2.60 bits per heavy atom. The molecule has 1 saturated heterocycles. The molecule has 1 N–H and O–H groups in total. The summed E-state index contributed by atoms with van der Waals surface area (Å²) < 4.78 is 13.0. The lowest BCUT2D eigenvalue weighted by Gasteiger charge is -2.24. The lowest BCUT2D eigenvalue weighted by atomic mass is 9.93. The van der Waals surface area contributed by atoms with Gasteiger partial charge < -0.3 is 23.7 Å². The van der Waals surface area contributed by atoms with Crippen molar-refractivity contribution < 1.29 is 23.8 Å². The Balaban J connectivity index is 1.79. The smallest absolute Gasteiger partial charge is 0.296 e. The number of ether oxygens (including phenoxy) is 1. The summed E-state index contributed by atoms with van der Waals surface area (Å²) in [6.45, 7) is 3.87. The molecular weight excluding hydrogens is 444 g/mol. The topological polar surface area (TPSA) is 84.9 Å². The summed E-state index contributed by atoms with van der Waals surface area (Å²) in [5, 5.41) is 12.5. The lowest BCUT2D eigenvalue weighted by molar-refractivity contribution is -0.140. The summed E-state index contributed by atoms with van der Waals surface area (Å²) in [5.74, 6) is -0.688. The highest BCUT2D eigenvalue weighted by atomic mass is 16.5. The second-order valence-electron chi connectivity index (χ2n) is 8.88. The van der Waals surface area contributed by atoms with Gasteiger partial charge in [-0.25, -0.2) is 0 Å². The Morgan fingerprint density at radius 2 is 1.89 bits per heavy atom. The fraction of sp³-hybridized carbons (Fsp3) is 0.214. The zero-order valence-corrected chi connectivity index (χ0v) is 20.0. The SMILES string of the molecule is COc1c(C)cc(C)cc1/C(O)=C1\C(=O)C(=O)N(Cc2ccco2)C1c1cn(C)c2ccccc12. The standard InChI is InChI=1S/C28H26N2O5/c1-16-12-17(2)27(34-4)20(13-16)25(31)23-24(21-15-29(3)22-10-6-5-9-19(21)22)30(28(33)26(23)32)14-18-8-7-11-35-18/h5-13,15,24,31H,14H2,1-4H3/b25-23+. The van der Waals surface area contributed by atoms with Gasteiger partial charge in [0, 0.05) is 29.7 Å². The molecule has 7 nitrogen and oxygen atoms in total. The molecule has 0 bridgehead atoms. The van der Waals surface area contributed by atoms with Gasteiger partial charge in [0.15, 0.2) is 0 Å². The number of hydrogen-bond donors (Lipinski definition) is 1. The van der Waals surface area contributed by atoms with Crippen LogP contribution in [-0.4, -0.2) is 33.4 Å². The van der Waals surface area contributed by atoms with Crippen LogP contribution in [0.25, 0.3) is 16.7 Å². The van der Waals surface area contributed by atoms with Crippen LogP contribution in [0.5, 0.6) is 5.75 Å². The summed E-state index contributed by atoms with van der Waals surface area (Å²) in [4.78, 5) is 28.3. The second-order valence-corrected chi connectivity index (χ2v) is 8.88. The molecule has 1 unspecified atom stereocenters.